The van der Waals surface area contributed by atoms with E-state index in [1.54, 1.807) is 36.4 Å². The van der Waals surface area contributed by atoms with Gasteiger partial charge in [0.25, 0.3) is 5.56 Å². The summed E-state index contributed by atoms with van der Waals surface area (Å²) in [6.45, 7) is -0.0352. The highest BCUT2D eigenvalue weighted by Crippen LogP contribution is 2.27. The van der Waals surface area contributed by atoms with Gasteiger partial charge in [-0.25, -0.2) is 4.98 Å². The first-order valence-corrected chi connectivity index (χ1v) is 8.48. The number of aliphatic hydroxyl groups excluding tert-OH is 1. The van der Waals surface area contributed by atoms with Gasteiger partial charge in [0.1, 0.15) is 18.5 Å². The van der Waals surface area contributed by atoms with Crippen LogP contribution in [0.2, 0.25) is 15.1 Å². The van der Waals surface area contributed by atoms with E-state index in [4.69, 9.17) is 39.5 Å². The molecule has 5 nitrogen and oxygen atoms in total. The molecular formula is C17H13Cl3N2O3. The van der Waals surface area contributed by atoms with Gasteiger partial charge >= 0.3 is 0 Å². The summed E-state index contributed by atoms with van der Waals surface area (Å²) in [5, 5.41) is 11.9. The van der Waals surface area contributed by atoms with Crippen LogP contribution in [0.1, 0.15) is 0 Å². The van der Waals surface area contributed by atoms with Gasteiger partial charge in [-0.2, -0.15) is 0 Å². The molecule has 1 aromatic heterocycles. The summed E-state index contributed by atoms with van der Waals surface area (Å²) in [4.78, 5) is 16.7. The first-order valence-electron chi connectivity index (χ1n) is 7.34. The van der Waals surface area contributed by atoms with Crippen LogP contribution in [0.15, 0.2) is 47.5 Å². The Hall–Kier alpha value is -1.79. The van der Waals surface area contributed by atoms with Crippen molar-refractivity contribution in [1.29, 1.82) is 0 Å². The minimum Gasteiger partial charge on any atom is -0.489 e. The average molecular weight is 400 g/mol. The largest absolute Gasteiger partial charge is 0.489 e. The van der Waals surface area contributed by atoms with Gasteiger partial charge in [-0.3, -0.25) is 9.36 Å². The van der Waals surface area contributed by atoms with Crippen molar-refractivity contribution < 1.29 is 9.84 Å². The standard InChI is InChI=1S/C17H13Cl3N2O3/c18-10-2-4-15-13(5-10)17(24)22(9-21-15)7-12(23)8-25-16-6-11(19)1-3-14(16)20/h1-6,9,12,23H,7-8H2/t12-/m0/s1. The van der Waals surface area contributed by atoms with Gasteiger partial charge in [-0.1, -0.05) is 34.8 Å². The van der Waals surface area contributed by atoms with E-state index in [9.17, 15) is 9.90 Å². The Bertz CT molecular complexity index is 975. The first-order chi connectivity index (χ1) is 11.9. The van der Waals surface area contributed by atoms with Crippen molar-refractivity contribution in [3.8, 4) is 5.75 Å². The third-order valence-electron chi connectivity index (χ3n) is 3.52. The maximum absolute atomic E-state index is 12.5. The molecule has 1 heterocycles. The van der Waals surface area contributed by atoms with Crippen molar-refractivity contribution in [3.63, 3.8) is 0 Å². The highest BCUT2D eigenvalue weighted by molar-refractivity contribution is 6.34. The molecule has 3 rings (SSSR count). The summed E-state index contributed by atoms with van der Waals surface area (Å²) >= 11 is 17.8. The molecular weight excluding hydrogens is 387 g/mol. The molecule has 0 aliphatic carbocycles. The van der Waals surface area contributed by atoms with Crippen molar-refractivity contribution in [1.82, 2.24) is 9.55 Å². The second-order valence-corrected chi connectivity index (χ2v) is 6.68. The molecule has 0 saturated heterocycles. The van der Waals surface area contributed by atoms with Gasteiger partial charge in [0, 0.05) is 16.1 Å². The molecule has 25 heavy (non-hydrogen) atoms. The second kappa shape index (κ2) is 7.62. The van der Waals surface area contributed by atoms with E-state index < -0.39 is 6.10 Å². The van der Waals surface area contributed by atoms with Gasteiger partial charge in [0.2, 0.25) is 0 Å². The van der Waals surface area contributed by atoms with Crippen molar-refractivity contribution in [2.24, 2.45) is 0 Å². The smallest absolute Gasteiger partial charge is 0.261 e. The van der Waals surface area contributed by atoms with E-state index in [0.717, 1.165) is 0 Å². The highest BCUT2D eigenvalue weighted by Gasteiger charge is 2.12. The summed E-state index contributed by atoms with van der Waals surface area (Å²) in [5.74, 6) is 0.365. The quantitative estimate of drug-likeness (QED) is 0.709. The van der Waals surface area contributed by atoms with Crippen LogP contribution in [0.4, 0.5) is 0 Å². The predicted octanol–water partition coefficient (Wildman–Crippen LogP) is 3.80. The number of halogens is 3. The van der Waals surface area contributed by atoms with Gasteiger partial charge in [-0.05, 0) is 30.3 Å². The Kier molecular flexibility index (Phi) is 5.49. The minimum atomic E-state index is -0.939. The van der Waals surface area contributed by atoms with Gasteiger partial charge in [0.15, 0.2) is 0 Å². The Balaban J connectivity index is 1.73. The van der Waals surface area contributed by atoms with E-state index in [0.29, 0.717) is 31.7 Å². The molecule has 0 fully saturated rings. The molecule has 130 valence electrons. The lowest BCUT2D eigenvalue weighted by molar-refractivity contribution is 0.0915. The summed E-state index contributed by atoms with van der Waals surface area (Å²) in [5.41, 5.74) is 0.259. The molecule has 0 saturated carbocycles. The first kappa shape index (κ1) is 18.0. The number of fused-ring (bicyclic) bond motifs is 1. The number of aliphatic hydroxyl groups is 1. The SMILES string of the molecule is O=c1c2cc(Cl)ccc2ncn1C[C@H](O)COc1cc(Cl)ccc1Cl. The minimum absolute atomic E-state index is 0.0203. The lowest BCUT2D eigenvalue weighted by Gasteiger charge is -2.15. The fraction of sp³-hybridized carbons (Fsp3) is 0.176. The van der Waals surface area contributed by atoms with E-state index in [-0.39, 0.29) is 18.7 Å². The van der Waals surface area contributed by atoms with Crippen LogP contribution in [-0.4, -0.2) is 27.4 Å². The fourth-order valence-corrected chi connectivity index (χ4v) is 2.82. The molecule has 2 aromatic carbocycles. The van der Waals surface area contributed by atoms with E-state index in [1.807, 2.05) is 0 Å². The summed E-state index contributed by atoms with van der Waals surface area (Å²) in [7, 11) is 0. The van der Waals surface area contributed by atoms with Gasteiger partial charge in [0.05, 0.1) is 28.8 Å². The number of hydrogen-bond acceptors (Lipinski definition) is 4. The Morgan fingerprint density at radius 2 is 1.84 bits per heavy atom. The maximum Gasteiger partial charge on any atom is 0.261 e. The molecule has 0 spiro atoms. The fourth-order valence-electron chi connectivity index (χ4n) is 2.31. The zero-order chi connectivity index (χ0) is 18.0. The molecule has 1 N–H and O–H groups in total. The van der Waals surface area contributed by atoms with Crippen molar-refractivity contribution in [2.45, 2.75) is 12.6 Å². The lowest BCUT2D eigenvalue weighted by atomic mass is 10.2. The molecule has 0 unspecified atom stereocenters. The number of aromatic nitrogens is 2. The van der Waals surface area contributed by atoms with E-state index >= 15 is 0 Å². The van der Waals surface area contributed by atoms with Crippen molar-refractivity contribution in [2.75, 3.05) is 6.61 Å². The zero-order valence-electron chi connectivity index (χ0n) is 12.8. The molecule has 0 aliphatic heterocycles. The normalized spacial score (nSPS) is 12.3. The number of nitrogens with zero attached hydrogens (tertiary/aromatic N) is 2. The number of rotatable bonds is 5. The Labute approximate surface area is 158 Å². The molecule has 0 radical (unpaired) electrons. The van der Waals surface area contributed by atoms with Crippen LogP contribution in [0.25, 0.3) is 10.9 Å². The Morgan fingerprint density at radius 1 is 1.12 bits per heavy atom. The second-order valence-electron chi connectivity index (χ2n) is 5.40. The summed E-state index contributed by atoms with van der Waals surface area (Å²) < 4.78 is 6.79. The number of benzene rings is 2. The highest BCUT2D eigenvalue weighted by atomic mass is 35.5. The van der Waals surface area contributed by atoms with E-state index in [2.05, 4.69) is 4.98 Å². The average Bonchev–Trinajstić information content (AvgIpc) is 2.58. The summed E-state index contributed by atoms with van der Waals surface area (Å²) in [6, 6.07) is 9.69. The molecule has 8 heteroatoms. The number of ether oxygens (including phenoxy) is 1. The predicted molar refractivity (Wildman–Crippen MR) is 99.0 cm³/mol. The molecule has 0 aliphatic rings. The zero-order valence-corrected chi connectivity index (χ0v) is 15.1. The third-order valence-corrected chi connectivity index (χ3v) is 4.30. The van der Waals surface area contributed by atoms with Crippen LogP contribution in [0, 0.1) is 0 Å². The van der Waals surface area contributed by atoms with Crippen LogP contribution >= 0.6 is 34.8 Å². The third kappa shape index (κ3) is 4.25. The van der Waals surface area contributed by atoms with Crippen molar-refractivity contribution in [3.05, 3.63) is 68.1 Å². The molecule has 0 bridgehead atoms. The van der Waals surface area contributed by atoms with Gasteiger partial charge in [-0.15, -0.1) is 0 Å². The summed E-state index contributed by atoms with van der Waals surface area (Å²) in [6.07, 6.45) is 0.444. The topological polar surface area (TPSA) is 64.4 Å². The number of hydrogen-bond donors (Lipinski definition) is 1. The molecule has 3 aromatic rings. The van der Waals surface area contributed by atoms with Gasteiger partial charge < -0.3 is 9.84 Å². The van der Waals surface area contributed by atoms with Crippen LogP contribution < -0.4 is 10.3 Å². The molecule has 1 atom stereocenters. The van der Waals surface area contributed by atoms with Crippen LogP contribution in [-0.2, 0) is 6.54 Å². The van der Waals surface area contributed by atoms with Crippen molar-refractivity contribution >= 4 is 45.7 Å². The monoisotopic (exact) mass is 398 g/mol. The van der Waals surface area contributed by atoms with E-state index in [1.165, 1.54) is 10.9 Å². The maximum atomic E-state index is 12.5. The van der Waals surface area contributed by atoms with Crippen LogP contribution in [0.3, 0.4) is 0 Å². The Morgan fingerprint density at radius 3 is 2.64 bits per heavy atom. The molecule has 0 amide bonds. The van der Waals surface area contributed by atoms with Crippen LogP contribution in [0.5, 0.6) is 5.75 Å². The lowest BCUT2D eigenvalue weighted by Crippen LogP contribution is -2.30.